The van der Waals surface area contributed by atoms with Crippen molar-refractivity contribution in [3.63, 3.8) is 0 Å². The Balaban J connectivity index is 1.89. The van der Waals surface area contributed by atoms with E-state index in [9.17, 15) is 9.90 Å². The molecule has 0 bridgehead atoms. The predicted molar refractivity (Wildman–Crippen MR) is 71.3 cm³/mol. The van der Waals surface area contributed by atoms with Crippen LogP contribution < -0.4 is 0 Å². The van der Waals surface area contributed by atoms with Crippen molar-refractivity contribution >= 4 is 5.97 Å². The van der Waals surface area contributed by atoms with E-state index in [4.69, 9.17) is 4.42 Å². The van der Waals surface area contributed by atoms with Crippen LogP contribution in [0.15, 0.2) is 41.4 Å². The smallest absolute Gasteiger partial charge is 0.329 e. The topological polar surface area (TPSA) is 99.0 Å². The van der Waals surface area contributed by atoms with Crippen molar-refractivity contribution in [3.05, 3.63) is 42.7 Å². The van der Waals surface area contributed by atoms with E-state index < -0.39 is 12.0 Å². The molecule has 0 fully saturated rings. The van der Waals surface area contributed by atoms with Gasteiger partial charge in [-0.2, -0.15) is 0 Å². The van der Waals surface area contributed by atoms with Gasteiger partial charge in [-0.1, -0.05) is 5.21 Å². The second-order valence-electron chi connectivity index (χ2n) is 4.58. The van der Waals surface area contributed by atoms with Gasteiger partial charge in [0.1, 0.15) is 11.5 Å². The molecule has 0 saturated heterocycles. The summed E-state index contributed by atoms with van der Waals surface area (Å²) in [6.45, 7) is 0. The van der Waals surface area contributed by atoms with Gasteiger partial charge in [0, 0.05) is 25.9 Å². The summed E-state index contributed by atoms with van der Waals surface area (Å²) in [5, 5.41) is 17.3. The van der Waals surface area contributed by atoms with Crippen LogP contribution in [0.1, 0.15) is 11.8 Å². The van der Waals surface area contributed by atoms with E-state index in [-0.39, 0.29) is 6.42 Å². The minimum atomic E-state index is -0.998. The number of imidazole rings is 1. The Labute approximate surface area is 119 Å². The summed E-state index contributed by atoms with van der Waals surface area (Å²) in [5.74, 6) is 0.211. The van der Waals surface area contributed by atoms with E-state index in [1.54, 1.807) is 35.3 Å². The number of hydrogen-bond donors (Lipinski definition) is 1. The average molecular weight is 287 g/mol. The predicted octanol–water partition coefficient (Wildman–Crippen LogP) is 1.14. The van der Waals surface area contributed by atoms with Crippen molar-refractivity contribution in [1.82, 2.24) is 24.5 Å². The number of nitrogens with zero attached hydrogens (tertiary/aromatic N) is 5. The standard InChI is InChI=1S/C13H13N5O3/c1-17-5-4-14-12(17)10-8-18(16-15-10)11(13(19)20)7-9-3-2-6-21-9/h2-6,8,11H,7H2,1H3,(H,19,20). The fraction of sp³-hybridized carbons (Fsp3) is 0.231. The van der Waals surface area contributed by atoms with Crippen molar-refractivity contribution < 1.29 is 14.3 Å². The number of carboxylic acid groups (broad SMARTS) is 1. The third kappa shape index (κ3) is 2.55. The van der Waals surface area contributed by atoms with Crippen LogP contribution in [0.5, 0.6) is 0 Å². The lowest BCUT2D eigenvalue weighted by Gasteiger charge is -2.09. The molecule has 0 amide bonds. The number of aryl methyl sites for hydroxylation is 1. The zero-order chi connectivity index (χ0) is 14.8. The molecule has 0 radical (unpaired) electrons. The van der Waals surface area contributed by atoms with E-state index in [0.717, 1.165) is 0 Å². The molecule has 1 unspecified atom stereocenters. The highest BCUT2D eigenvalue weighted by atomic mass is 16.4. The Morgan fingerprint density at radius 3 is 3.00 bits per heavy atom. The van der Waals surface area contributed by atoms with E-state index in [1.165, 1.54) is 10.9 Å². The number of carbonyl (C=O) groups is 1. The number of aromatic nitrogens is 5. The zero-order valence-corrected chi connectivity index (χ0v) is 11.2. The third-order valence-electron chi connectivity index (χ3n) is 3.14. The summed E-state index contributed by atoms with van der Waals surface area (Å²) < 4.78 is 8.30. The number of rotatable bonds is 5. The fourth-order valence-corrected chi connectivity index (χ4v) is 2.06. The van der Waals surface area contributed by atoms with Gasteiger partial charge in [-0.3, -0.25) is 0 Å². The summed E-state index contributed by atoms with van der Waals surface area (Å²) in [4.78, 5) is 15.6. The molecule has 0 aliphatic carbocycles. The summed E-state index contributed by atoms with van der Waals surface area (Å²) >= 11 is 0. The lowest BCUT2D eigenvalue weighted by molar-refractivity contribution is -0.141. The molecular formula is C13H13N5O3. The Morgan fingerprint density at radius 2 is 2.38 bits per heavy atom. The molecule has 1 N–H and O–H groups in total. The minimum absolute atomic E-state index is 0.200. The lowest BCUT2D eigenvalue weighted by atomic mass is 10.2. The monoisotopic (exact) mass is 287 g/mol. The number of aliphatic carboxylic acids is 1. The summed E-state index contributed by atoms with van der Waals surface area (Å²) in [7, 11) is 1.83. The molecular weight excluding hydrogens is 274 g/mol. The second kappa shape index (κ2) is 5.23. The van der Waals surface area contributed by atoms with E-state index >= 15 is 0 Å². The van der Waals surface area contributed by atoms with Gasteiger partial charge < -0.3 is 14.1 Å². The summed E-state index contributed by atoms with van der Waals surface area (Å²) in [5.41, 5.74) is 0.521. The highest BCUT2D eigenvalue weighted by molar-refractivity contribution is 5.72. The van der Waals surface area contributed by atoms with Crippen molar-refractivity contribution in [3.8, 4) is 11.5 Å². The number of hydrogen-bond acceptors (Lipinski definition) is 5. The van der Waals surface area contributed by atoms with E-state index in [1.807, 2.05) is 7.05 Å². The normalized spacial score (nSPS) is 12.4. The first-order valence-corrected chi connectivity index (χ1v) is 6.30. The Kier molecular flexibility index (Phi) is 3.27. The van der Waals surface area contributed by atoms with Crippen molar-refractivity contribution in [2.24, 2.45) is 7.05 Å². The van der Waals surface area contributed by atoms with Gasteiger partial charge in [0.2, 0.25) is 0 Å². The zero-order valence-electron chi connectivity index (χ0n) is 11.2. The van der Waals surface area contributed by atoms with Gasteiger partial charge in [-0.05, 0) is 12.1 Å². The molecule has 3 aromatic heterocycles. The van der Waals surface area contributed by atoms with Gasteiger partial charge in [0.05, 0.1) is 12.5 Å². The molecule has 3 rings (SSSR count). The maximum absolute atomic E-state index is 11.4. The largest absolute Gasteiger partial charge is 0.480 e. The van der Waals surface area contributed by atoms with Crippen LogP contribution in [-0.4, -0.2) is 35.6 Å². The minimum Gasteiger partial charge on any atom is -0.480 e. The molecule has 0 spiro atoms. The van der Waals surface area contributed by atoms with Crippen LogP contribution in [0.3, 0.4) is 0 Å². The Bertz CT molecular complexity index is 744. The molecule has 3 aromatic rings. The Morgan fingerprint density at radius 1 is 1.52 bits per heavy atom. The van der Waals surface area contributed by atoms with Gasteiger partial charge in [0.15, 0.2) is 11.9 Å². The second-order valence-corrected chi connectivity index (χ2v) is 4.58. The van der Waals surface area contributed by atoms with Gasteiger partial charge in [-0.15, -0.1) is 5.10 Å². The highest BCUT2D eigenvalue weighted by Crippen LogP contribution is 2.18. The molecule has 108 valence electrons. The molecule has 1 atom stereocenters. The number of carboxylic acids is 1. The van der Waals surface area contributed by atoms with E-state index in [0.29, 0.717) is 17.3 Å². The van der Waals surface area contributed by atoms with Crippen LogP contribution in [0, 0.1) is 0 Å². The lowest BCUT2D eigenvalue weighted by Crippen LogP contribution is -2.21. The fourth-order valence-electron chi connectivity index (χ4n) is 2.06. The molecule has 3 heterocycles. The molecule has 0 saturated carbocycles. The van der Waals surface area contributed by atoms with Crippen LogP contribution >= 0.6 is 0 Å². The van der Waals surface area contributed by atoms with Crippen molar-refractivity contribution in [1.29, 1.82) is 0 Å². The maximum Gasteiger partial charge on any atom is 0.329 e. The molecule has 8 heteroatoms. The first-order chi connectivity index (χ1) is 10.1. The number of furan rings is 1. The highest BCUT2D eigenvalue weighted by Gasteiger charge is 2.23. The summed E-state index contributed by atoms with van der Waals surface area (Å²) in [6.07, 6.45) is 6.71. The first kappa shape index (κ1) is 13.1. The van der Waals surface area contributed by atoms with Crippen molar-refractivity contribution in [2.75, 3.05) is 0 Å². The average Bonchev–Trinajstić information content (AvgIpc) is 3.16. The third-order valence-corrected chi connectivity index (χ3v) is 3.14. The van der Waals surface area contributed by atoms with Crippen LogP contribution in [-0.2, 0) is 18.3 Å². The van der Waals surface area contributed by atoms with Crippen LogP contribution in [0.4, 0.5) is 0 Å². The molecule has 21 heavy (non-hydrogen) atoms. The van der Waals surface area contributed by atoms with E-state index in [2.05, 4.69) is 15.3 Å². The SMILES string of the molecule is Cn1ccnc1-c1cn(C(Cc2ccco2)C(=O)O)nn1. The Hall–Kier alpha value is -2.90. The molecule has 0 aliphatic rings. The van der Waals surface area contributed by atoms with Gasteiger partial charge >= 0.3 is 5.97 Å². The van der Waals surface area contributed by atoms with Crippen molar-refractivity contribution in [2.45, 2.75) is 12.5 Å². The van der Waals surface area contributed by atoms with Gasteiger partial charge in [-0.25, -0.2) is 14.5 Å². The first-order valence-electron chi connectivity index (χ1n) is 6.30. The molecule has 0 aliphatic heterocycles. The van der Waals surface area contributed by atoms with Crippen LogP contribution in [0.25, 0.3) is 11.5 Å². The maximum atomic E-state index is 11.4. The molecule has 0 aromatic carbocycles. The molecule has 8 nitrogen and oxygen atoms in total. The van der Waals surface area contributed by atoms with Gasteiger partial charge in [0.25, 0.3) is 0 Å². The van der Waals surface area contributed by atoms with Crippen LogP contribution in [0.2, 0.25) is 0 Å². The summed E-state index contributed by atoms with van der Waals surface area (Å²) in [6, 6.07) is 2.57. The quantitative estimate of drug-likeness (QED) is 0.755.